The lowest BCUT2D eigenvalue weighted by Gasteiger charge is -2.16. The van der Waals surface area contributed by atoms with Crippen molar-refractivity contribution in [1.29, 1.82) is 0 Å². The molecular weight excluding hydrogens is 289 g/mol. The van der Waals surface area contributed by atoms with Gasteiger partial charge in [0.05, 0.1) is 11.6 Å². The van der Waals surface area contributed by atoms with Crippen LogP contribution in [0.4, 0.5) is 18.9 Å². The van der Waals surface area contributed by atoms with Gasteiger partial charge in [0.2, 0.25) is 0 Å². The fraction of sp³-hybridized carbons (Fsp3) is 0.143. The summed E-state index contributed by atoms with van der Waals surface area (Å²) in [4.78, 5) is 0. The van der Waals surface area contributed by atoms with Crippen LogP contribution in [0.2, 0.25) is 0 Å². The number of halogens is 4. The van der Waals surface area contributed by atoms with Crippen molar-refractivity contribution in [2.75, 3.05) is 5.73 Å². The van der Waals surface area contributed by atoms with Gasteiger partial charge in [-0.15, -0.1) is 12.4 Å². The van der Waals surface area contributed by atoms with Gasteiger partial charge < -0.3 is 11.5 Å². The largest absolute Gasteiger partial charge is 0.416 e. The van der Waals surface area contributed by atoms with E-state index in [0.717, 1.165) is 17.7 Å². The van der Waals surface area contributed by atoms with E-state index < -0.39 is 17.8 Å². The third-order valence-corrected chi connectivity index (χ3v) is 2.91. The highest BCUT2D eigenvalue weighted by molar-refractivity contribution is 5.85. The normalized spacial score (nSPS) is 12.6. The second kappa shape index (κ2) is 6.15. The van der Waals surface area contributed by atoms with Crippen molar-refractivity contribution in [1.82, 2.24) is 0 Å². The van der Waals surface area contributed by atoms with Gasteiger partial charge >= 0.3 is 6.18 Å². The van der Waals surface area contributed by atoms with Crippen molar-refractivity contribution in [3.05, 3.63) is 65.2 Å². The van der Waals surface area contributed by atoms with E-state index in [-0.39, 0.29) is 18.1 Å². The Morgan fingerprint density at radius 3 is 2.05 bits per heavy atom. The highest BCUT2D eigenvalue weighted by atomic mass is 35.5. The molecule has 1 unspecified atom stereocenters. The zero-order chi connectivity index (χ0) is 14.0. The molecule has 1 atom stereocenters. The molecule has 2 nitrogen and oxygen atoms in total. The van der Waals surface area contributed by atoms with Crippen molar-refractivity contribution >= 4 is 18.1 Å². The first-order valence-corrected chi connectivity index (χ1v) is 5.67. The fourth-order valence-electron chi connectivity index (χ4n) is 1.87. The minimum atomic E-state index is -4.40. The Morgan fingerprint density at radius 2 is 1.55 bits per heavy atom. The number of hydrogen-bond donors (Lipinski definition) is 2. The number of nitrogen functional groups attached to an aromatic ring is 1. The average molecular weight is 303 g/mol. The van der Waals surface area contributed by atoms with Gasteiger partial charge in [-0.3, -0.25) is 0 Å². The van der Waals surface area contributed by atoms with E-state index in [1.54, 1.807) is 0 Å². The van der Waals surface area contributed by atoms with E-state index in [0.29, 0.717) is 5.56 Å². The van der Waals surface area contributed by atoms with Crippen LogP contribution in [0.3, 0.4) is 0 Å². The van der Waals surface area contributed by atoms with Gasteiger partial charge in [0, 0.05) is 5.69 Å². The summed E-state index contributed by atoms with van der Waals surface area (Å²) in [5.41, 5.74) is 12.3. The van der Waals surface area contributed by atoms with Crippen LogP contribution < -0.4 is 11.5 Å². The molecule has 0 heterocycles. The van der Waals surface area contributed by atoms with Gasteiger partial charge in [-0.1, -0.05) is 36.4 Å². The molecule has 20 heavy (non-hydrogen) atoms. The summed E-state index contributed by atoms with van der Waals surface area (Å²) in [6.45, 7) is 0. The molecular formula is C14H14ClF3N2. The highest BCUT2D eigenvalue weighted by Crippen LogP contribution is 2.33. The Hall–Kier alpha value is -1.72. The number of rotatable bonds is 2. The zero-order valence-corrected chi connectivity index (χ0v) is 11.2. The Morgan fingerprint density at radius 1 is 0.950 bits per heavy atom. The first-order chi connectivity index (χ1) is 8.89. The number of hydrogen-bond acceptors (Lipinski definition) is 2. The van der Waals surface area contributed by atoms with Crippen LogP contribution in [0.1, 0.15) is 22.7 Å². The maximum absolute atomic E-state index is 12.5. The summed E-state index contributed by atoms with van der Waals surface area (Å²) in [6, 6.07) is 11.8. The molecule has 0 aliphatic rings. The van der Waals surface area contributed by atoms with Crippen molar-refractivity contribution in [2.24, 2.45) is 5.73 Å². The molecule has 2 rings (SSSR count). The van der Waals surface area contributed by atoms with E-state index >= 15 is 0 Å². The van der Waals surface area contributed by atoms with Gasteiger partial charge in [0.1, 0.15) is 0 Å². The smallest absolute Gasteiger partial charge is 0.398 e. The molecule has 0 fully saturated rings. The maximum Gasteiger partial charge on any atom is 0.416 e. The van der Waals surface area contributed by atoms with Gasteiger partial charge in [0.25, 0.3) is 0 Å². The molecule has 2 aromatic carbocycles. The van der Waals surface area contributed by atoms with Crippen molar-refractivity contribution in [2.45, 2.75) is 12.2 Å². The molecule has 0 aliphatic carbocycles. The van der Waals surface area contributed by atoms with Gasteiger partial charge in [0.15, 0.2) is 0 Å². The van der Waals surface area contributed by atoms with Crippen LogP contribution in [0.5, 0.6) is 0 Å². The quantitative estimate of drug-likeness (QED) is 0.830. The first kappa shape index (κ1) is 16.3. The average Bonchev–Trinajstić information content (AvgIpc) is 2.38. The molecule has 108 valence electrons. The molecule has 0 radical (unpaired) electrons. The molecule has 0 aliphatic heterocycles. The SMILES string of the molecule is Cl.Nc1cc(C(F)(F)F)ccc1C(N)c1ccccc1. The summed E-state index contributed by atoms with van der Waals surface area (Å²) in [5, 5.41) is 0. The molecule has 0 saturated heterocycles. The Labute approximate surface area is 121 Å². The minimum absolute atomic E-state index is 0. The van der Waals surface area contributed by atoms with Crippen molar-refractivity contribution in [3.8, 4) is 0 Å². The van der Waals surface area contributed by atoms with Gasteiger partial charge in [-0.2, -0.15) is 13.2 Å². The molecule has 0 aromatic heterocycles. The van der Waals surface area contributed by atoms with Gasteiger partial charge in [-0.25, -0.2) is 0 Å². The second-order valence-electron chi connectivity index (χ2n) is 4.23. The van der Waals surface area contributed by atoms with E-state index in [2.05, 4.69) is 0 Å². The van der Waals surface area contributed by atoms with Crippen LogP contribution in [0.15, 0.2) is 48.5 Å². The monoisotopic (exact) mass is 302 g/mol. The van der Waals surface area contributed by atoms with Crippen LogP contribution in [-0.4, -0.2) is 0 Å². The molecule has 0 saturated carbocycles. The molecule has 0 spiro atoms. The topological polar surface area (TPSA) is 52.0 Å². The minimum Gasteiger partial charge on any atom is -0.398 e. The van der Waals surface area contributed by atoms with E-state index in [1.807, 2.05) is 30.3 Å². The standard InChI is InChI=1S/C14H13F3N2.ClH/c15-14(16,17)10-6-7-11(12(18)8-10)13(19)9-4-2-1-3-5-9;/h1-8,13H,18-19H2;1H. The summed E-state index contributed by atoms with van der Waals surface area (Å²) in [6.07, 6.45) is -4.40. The number of benzene rings is 2. The molecule has 4 N–H and O–H groups in total. The summed E-state index contributed by atoms with van der Waals surface area (Å²) in [5.74, 6) is 0. The predicted octanol–water partition coefficient (Wildman–Crippen LogP) is 3.76. The second-order valence-corrected chi connectivity index (χ2v) is 4.23. The van der Waals surface area contributed by atoms with Crippen LogP contribution in [-0.2, 0) is 6.18 Å². The lowest BCUT2D eigenvalue weighted by atomic mass is 9.97. The molecule has 6 heteroatoms. The fourth-order valence-corrected chi connectivity index (χ4v) is 1.87. The lowest BCUT2D eigenvalue weighted by Crippen LogP contribution is -2.15. The van der Waals surface area contributed by atoms with Crippen LogP contribution in [0.25, 0.3) is 0 Å². The van der Waals surface area contributed by atoms with Gasteiger partial charge in [-0.05, 0) is 23.3 Å². The Kier molecular flexibility index (Phi) is 5.03. The Bertz CT molecular complexity index is 570. The third-order valence-electron chi connectivity index (χ3n) is 2.91. The summed E-state index contributed by atoms with van der Waals surface area (Å²) >= 11 is 0. The predicted molar refractivity (Wildman–Crippen MR) is 75.6 cm³/mol. The van der Waals surface area contributed by atoms with E-state index in [4.69, 9.17) is 11.5 Å². The number of alkyl halides is 3. The van der Waals surface area contributed by atoms with Crippen molar-refractivity contribution in [3.63, 3.8) is 0 Å². The van der Waals surface area contributed by atoms with Crippen molar-refractivity contribution < 1.29 is 13.2 Å². The summed E-state index contributed by atoms with van der Waals surface area (Å²) in [7, 11) is 0. The van der Waals surface area contributed by atoms with Crippen LogP contribution in [0, 0.1) is 0 Å². The number of anilines is 1. The maximum atomic E-state index is 12.5. The van der Waals surface area contributed by atoms with E-state index in [9.17, 15) is 13.2 Å². The molecule has 0 bridgehead atoms. The van der Waals surface area contributed by atoms with Crippen LogP contribution >= 0.6 is 12.4 Å². The summed E-state index contributed by atoms with van der Waals surface area (Å²) < 4.78 is 37.6. The Balaban J connectivity index is 0.00000200. The molecule has 2 aromatic rings. The first-order valence-electron chi connectivity index (χ1n) is 5.67. The zero-order valence-electron chi connectivity index (χ0n) is 10.4. The molecule has 0 amide bonds. The lowest BCUT2D eigenvalue weighted by molar-refractivity contribution is -0.137. The number of nitrogens with two attached hydrogens (primary N) is 2. The third kappa shape index (κ3) is 3.43. The van der Waals surface area contributed by atoms with E-state index in [1.165, 1.54) is 6.07 Å². The highest BCUT2D eigenvalue weighted by Gasteiger charge is 2.31.